The quantitative estimate of drug-likeness (QED) is 0.208. The van der Waals surface area contributed by atoms with Crippen molar-refractivity contribution in [1.29, 1.82) is 0 Å². The molecule has 36 heavy (non-hydrogen) atoms. The van der Waals surface area contributed by atoms with Crippen LogP contribution < -0.4 is 15.7 Å². The zero-order valence-electron chi connectivity index (χ0n) is 20.7. The monoisotopic (exact) mass is 514 g/mol. The van der Waals surface area contributed by atoms with Gasteiger partial charge >= 0.3 is 0 Å². The zero-order chi connectivity index (χ0) is 25.7. The molecular formula is C28H30N6S2+2. The lowest BCUT2D eigenvalue weighted by atomic mass is 9.86. The third kappa shape index (κ3) is 5.15. The van der Waals surface area contributed by atoms with Crippen LogP contribution in [0.15, 0.2) is 84.8 Å². The van der Waals surface area contributed by atoms with E-state index in [0.29, 0.717) is 11.6 Å². The largest absolute Gasteiger partial charge is 0.404 e. The van der Waals surface area contributed by atoms with Crippen LogP contribution in [0.4, 0.5) is 0 Å². The first-order chi connectivity index (χ1) is 17.5. The number of aryl methyl sites for hydroxylation is 1. The van der Waals surface area contributed by atoms with Crippen LogP contribution in [0.25, 0.3) is 27.8 Å². The Morgan fingerprint density at radius 1 is 1.25 bits per heavy atom. The van der Waals surface area contributed by atoms with Crippen LogP contribution in [0.3, 0.4) is 0 Å². The Morgan fingerprint density at radius 3 is 2.75 bits per heavy atom. The van der Waals surface area contributed by atoms with E-state index in [9.17, 15) is 0 Å². The smallest absolute Gasteiger partial charge is 0.230 e. The molecule has 2 heterocycles. The average Bonchev–Trinajstić information content (AvgIpc) is 3.38. The molecule has 1 atom stereocenters. The number of allylic oxidation sites excluding steroid dienone is 8. The number of hydrogen-bond acceptors (Lipinski definition) is 6. The minimum atomic E-state index is 0.233. The lowest BCUT2D eigenvalue weighted by Crippen LogP contribution is -2.47. The summed E-state index contributed by atoms with van der Waals surface area (Å²) in [5, 5.41) is 6.76. The van der Waals surface area contributed by atoms with Crippen molar-refractivity contribution < 1.29 is 9.98 Å². The maximum Gasteiger partial charge on any atom is 0.230 e. The van der Waals surface area contributed by atoms with Crippen LogP contribution >= 0.6 is 23.5 Å². The highest BCUT2D eigenvalue weighted by atomic mass is 32.2. The van der Waals surface area contributed by atoms with E-state index in [-0.39, 0.29) is 5.92 Å². The number of aliphatic imine (C=N–C) groups is 1. The summed E-state index contributed by atoms with van der Waals surface area (Å²) in [7, 11) is 2.00. The summed E-state index contributed by atoms with van der Waals surface area (Å²) in [6.07, 6.45) is 17.8. The zero-order valence-corrected chi connectivity index (χ0v) is 22.3. The predicted octanol–water partition coefficient (Wildman–Crippen LogP) is 3.64. The molecule has 182 valence electrons. The van der Waals surface area contributed by atoms with Gasteiger partial charge in [0.1, 0.15) is 23.8 Å². The Kier molecular flexibility index (Phi) is 8.07. The third-order valence-corrected chi connectivity index (χ3v) is 6.88. The summed E-state index contributed by atoms with van der Waals surface area (Å²) in [5.41, 5.74) is 14.7. The molecule has 0 bridgehead atoms. The second kappa shape index (κ2) is 11.4. The Hall–Kier alpha value is -3.62. The number of aromatic nitrogens is 3. The van der Waals surface area contributed by atoms with Gasteiger partial charge in [-0.25, -0.2) is 4.57 Å². The van der Waals surface area contributed by atoms with Gasteiger partial charge in [0.15, 0.2) is 12.4 Å². The Morgan fingerprint density at radius 2 is 2.03 bits per heavy atom. The molecule has 1 unspecified atom stereocenters. The van der Waals surface area contributed by atoms with Crippen molar-refractivity contribution in [2.45, 2.75) is 6.92 Å². The van der Waals surface area contributed by atoms with Gasteiger partial charge in [-0.05, 0) is 29.9 Å². The molecule has 0 aliphatic heterocycles. The van der Waals surface area contributed by atoms with Crippen molar-refractivity contribution in [3.63, 3.8) is 0 Å². The molecule has 1 aromatic carbocycles. The van der Waals surface area contributed by atoms with E-state index in [1.807, 2.05) is 48.4 Å². The van der Waals surface area contributed by atoms with Crippen LogP contribution in [-0.2, 0) is 7.05 Å². The molecule has 6 nitrogen and oxygen atoms in total. The van der Waals surface area contributed by atoms with Crippen molar-refractivity contribution in [3.05, 3.63) is 96.5 Å². The Bertz CT molecular complexity index is 1470. The minimum absolute atomic E-state index is 0.233. The number of nitrogens with zero attached hydrogens (tertiary/aromatic N) is 4. The highest BCUT2D eigenvalue weighted by molar-refractivity contribution is 7.98. The SMILES string of the molecule is C=CC(C)C=CC(=CN)c1ccc(C2=CC=C(c3ccc[n+](C)c3)C(=[NH2+])C2=NCSC)c2nsnc12. The molecule has 0 saturated heterocycles. The summed E-state index contributed by atoms with van der Waals surface area (Å²) in [4.78, 5) is 4.87. The van der Waals surface area contributed by atoms with E-state index in [0.717, 1.165) is 50.2 Å². The lowest BCUT2D eigenvalue weighted by molar-refractivity contribution is -0.671. The standard InChI is InChI=1S/C28H29N6S2/c1-5-18(2)8-9-19(15-29)22-11-13-24(28-27(22)32-36-33-28)23-12-10-21(20-7-6-14-34(3)16-20)25(30)26(23)31-17-35-4/h5-16,18,30H,1,17,29H2,2-4H3/q+1/p+1. The second-order valence-electron chi connectivity index (χ2n) is 8.46. The molecule has 0 amide bonds. The number of fused-ring (bicyclic) bond motifs is 1. The van der Waals surface area contributed by atoms with Crippen molar-refractivity contribution in [1.82, 2.24) is 8.75 Å². The predicted molar refractivity (Wildman–Crippen MR) is 154 cm³/mol. The molecule has 4 N–H and O–H groups in total. The van der Waals surface area contributed by atoms with Crippen LogP contribution in [0, 0.1) is 5.92 Å². The molecule has 0 fully saturated rings. The molecule has 0 radical (unpaired) electrons. The second-order valence-corrected chi connectivity index (χ2v) is 9.82. The summed E-state index contributed by atoms with van der Waals surface area (Å²) < 4.78 is 11.3. The molecule has 4 rings (SSSR count). The fourth-order valence-corrected chi connectivity index (χ4v) is 4.84. The van der Waals surface area contributed by atoms with Gasteiger partial charge in [-0.2, -0.15) is 8.75 Å². The van der Waals surface area contributed by atoms with E-state index in [4.69, 9.17) is 16.1 Å². The first kappa shape index (κ1) is 25.5. The number of thioether (sulfide) groups is 1. The van der Waals surface area contributed by atoms with Crippen molar-refractivity contribution in [2.24, 2.45) is 23.7 Å². The fraction of sp³-hybridized carbons (Fsp3) is 0.179. The van der Waals surface area contributed by atoms with Gasteiger partial charge in [0.05, 0.1) is 28.7 Å². The summed E-state index contributed by atoms with van der Waals surface area (Å²) in [5.74, 6) is 0.837. The van der Waals surface area contributed by atoms with Crippen molar-refractivity contribution in [2.75, 3.05) is 12.1 Å². The average molecular weight is 515 g/mol. The number of pyridine rings is 1. The molecule has 0 spiro atoms. The van der Waals surface area contributed by atoms with Gasteiger partial charge < -0.3 is 5.73 Å². The van der Waals surface area contributed by atoms with Gasteiger partial charge in [-0.15, -0.1) is 18.3 Å². The van der Waals surface area contributed by atoms with Gasteiger partial charge in [-0.3, -0.25) is 10.4 Å². The van der Waals surface area contributed by atoms with Crippen LogP contribution in [0.1, 0.15) is 23.6 Å². The highest BCUT2D eigenvalue weighted by Crippen LogP contribution is 2.34. The lowest BCUT2D eigenvalue weighted by Gasteiger charge is -2.16. The van der Waals surface area contributed by atoms with Gasteiger partial charge in [0.25, 0.3) is 0 Å². The molecule has 2 aromatic heterocycles. The maximum absolute atomic E-state index is 6.76. The molecule has 1 aliphatic rings. The van der Waals surface area contributed by atoms with Crippen LogP contribution in [0.2, 0.25) is 0 Å². The summed E-state index contributed by atoms with van der Waals surface area (Å²) in [6.45, 7) is 5.92. The van der Waals surface area contributed by atoms with E-state index in [2.05, 4.69) is 58.8 Å². The molecule has 8 heteroatoms. The first-order valence-electron chi connectivity index (χ1n) is 11.5. The topological polar surface area (TPSA) is 93.6 Å². The van der Waals surface area contributed by atoms with E-state index in [1.165, 1.54) is 11.7 Å². The normalized spacial score (nSPS) is 16.5. The fourth-order valence-electron chi connectivity index (χ4n) is 4.01. The maximum atomic E-state index is 6.76. The molecule has 3 aromatic rings. The van der Waals surface area contributed by atoms with Crippen LogP contribution in [0.5, 0.6) is 0 Å². The number of hydrogen-bond donors (Lipinski definition) is 2. The minimum Gasteiger partial charge on any atom is -0.404 e. The summed E-state index contributed by atoms with van der Waals surface area (Å²) in [6, 6.07) is 8.17. The van der Waals surface area contributed by atoms with Crippen molar-refractivity contribution >= 4 is 62.7 Å². The van der Waals surface area contributed by atoms with Crippen LogP contribution in [-0.4, -0.2) is 32.3 Å². The van der Waals surface area contributed by atoms with E-state index >= 15 is 0 Å². The number of nitrogens with two attached hydrogens (primary N) is 2. The van der Waals surface area contributed by atoms with E-state index in [1.54, 1.807) is 18.0 Å². The molecule has 1 aliphatic carbocycles. The number of benzene rings is 1. The third-order valence-electron chi connectivity index (χ3n) is 5.97. The first-order valence-corrected chi connectivity index (χ1v) is 13.6. The molecule has 0 saturated carbocycles. The number of rotatable bonds is 8. The summed E-state index contributed by atoms with van der Waals surface area (Å²) >= 11 is 2.83. The highest BCUT2D eigenvalue weighted by Gasteiger charge is 2.29. The van der Waals surface area contributed by atoms with Gasteiger partial charge in [0, 0.05) is 29.0 Å². The van der Waals surface area contributed by atoms with Crippen molar-refractivity contribution in [3.8, 4) is 0 Å². The van der Waals surface area contributed by atoms with E-state index < -0.39 is 0 Å². The Labute approximate surface area is 220 Å². The van der Waals surface area contributed by atoms with Gasteiger partial charge in [0.2, 0.25) is 5.71 Å². The molecular weight excluding hydrogens is 484 g/mol. The Balaban J connectivity index is 1.85. The van der Waals surface area contributed by atoms with Gasteiger partial charge in [-0.1, -0.05) is 43.4 Å².